The number of carboxylic acids is 1. The summed E-state index contributed by atoms with van der Waals surface area (Å²) in [5.74, 6) is 0.853. The van der Waals surface area contributed by atoms with Crippen LogP contribution in [0.4, 0.5) is 5.69 Å². The van der Waals surface area contributed by atoms with Crippen molar-refractivity contribution in [1.82, 2.24) is 74.5 Å². The molecule has 462 valence electrons. The van der Waals surface area contributed by atoms with Gasteiger partial charge in [-0.25, -0.2) is 9.64 Å². The van der Waals surface area contributed by atoms with Crippen molar-refractivity contribution in [3.8, 4) is 0 Å². The predicted molar refractivity (Wildman–Crippen MR) is 344 cm³/mol. The molecule has 4 aliphatic rings. The van der Waals surface area contributed by atoms with E-state index in [9.17, 15) is 14.4 Å². The van der Waals surface area contributed by atoms with Crippen LogP contribution in [0.1, 0.15) is 107 Å². The van der Waals surface area contributed by atoms with Gasteiger partial charge in [-0.1, -0.05) is 62.5 Å². The smallest absolute Gasteiger partial charge is 0.352 e. The van der Waals surface area contributed by atoms with Crippen molar-refractivity contribution in [3.05, 3.63) is 201 Å². The van der Waals surface area contributed by atoms with E-state index in [0.29, 0.717) is 55.8 Å². The zero-order chi connectivity index (χ0) is 63.9. The number of nitrogens with one attached hydrogen (secondary N) is 5. The third-order valence-electron chi connectivity index (χ3n) is 17.2. The second-order valence-electron chi connectivity index (χ2n) is 24.0. The number of amides is 2. The number of benzene rings is 3. The zero-order valence-electron chi connectivity index (χ0n) is 50.7. The second kappa shape index (κ2) is 24.9. The highest BCUT2D eigenvalue weighted by Gasteiger charge is 2.56. The molecule has 8 atom stereocenters. The van der Waals surface area contributed by atoms with Crippen molar-refractivity contribution < 1.29 is 19.5 Å². The average Bonchev–Trinajstić information content (AvgIpc) is 1.66. The van der Waals surface area contributed by atoms with E-state index in [0.717, 1.165) is 69.5 Å². The molecule has 0 spiro atoms. The average molecular weight is 1260 g/mol. The van der Waals surface area contributed by atoms with Crippen LogP contribution < -0.4 is 22.1 Å². The van der Waals surface area contributed by atoms with Gasteiger partial charge in [-0.2, -0.15) is 25.5 Å². The van der Waals surface area contributed by atoms with Crippen LogP contribution in [0.25, 0.3) is 37.6 Å². The fourth-order valence-corrected chi connectivity index (χ4v) is 11.7. The first-order valence-electron chi connectivity index (χ1n) is 28.8. The summed E-state index contributed by atoms with van der Waals surface area (Å²) in [6, 6.07) is 21.5. The minimum Gasteiger partial charge on any atom is -0.477 e. The minimum atomic E-state index is -0.965. The van der Waals surface area contributed by atoms with Crippen LogP contribution in [0.2, 0.25) is 15.1 Å². The number of hydrogen-bond acceptors (Lipinski definition) is 10. The van der Waals surface area contributed by atoms with Crippen LogP contribution in [0.3, 0.4) is 0 Å². The molecule has 8 aromatic heterocycles. The van der Waals surface area contributed by atoms with Gasteiger partial charge in [-0.15, -0.1) is 0 Å². The number of carbonyl (C=O) groups excluding carboxylic acids is 2. The van der Waals surface area contributed by atoms with E-state index in [4.69, 9.17) is 57.9 Å². The molecule has 0 saturated heterocycles. The number of carboxylic acid groups (broad SMARTS) is 1. The first-order valence-corrected chi connectivity index (χ1v) is 30.0. The lowest BCUT2D eigenvalue weighted by Crippen LogP contribution is -2.36. The highest BCUT2D eigenvalue weighted by atomic mass is 35.5. The number of hydrogen-bond donors (Lipinski definition) is 8. The number of rotatable bonds is 9. The molecule has 10 N–H and O–H groups in total. The first-order chi connectivity index (χ1) is 42.2. The Labute approximate surface area is 528 Å². The monoisotopic (exact) mass is 1260 g/mol. The molecule has 25 heteroatoms. The molecule has 4 fully saturated rings. The molecule has 0 radical (unpaired) electrons. The maximum absolute atomic E-state index is 12.7. The molecular weight excluding hydrogens is 1190 g/mol. The minimum absolute atomic E-state index is 0.0612. The van der Waals surface area contributed by atoms with Crippen molar-refractivity contribution in [2.45, 2.75) is 75.5 Å². The van der Waals surface area contributed by atoms with Gasteiger partial charge in [0, 0.05) is 147 Å². The lowest BCUT2D eigenvalue weighted by atomic mass is 10.1. The lowest BCUT2D eigenvalue weighted by molar-refractivity contribution is 0.0690. The number of nitrogens with zero attached hydrogens (tertiary/aromatic N) is 11. The number of aryl methyl sites for hydroxylation is 5. The fourth-order valence-electron chi connectivity index (χ4n) is 11.1. The van der Waals surface area contributed by atoms with Crippen LogP contribution in [0.15, 0.2) is 135 Å². The third-order valence-corrected chi connectivity index (χ3v) is 17.9. The number of aromatic nitrogens is 13. The first kappa shape index (κ1) is 63.1. The van der Waals surface area contributed by atoms with E-state index in [2.05, 4.69) is 83.6 Å². The predicted octanol–water partition coefficient (Wildman–Crippen LogP) is 11.2. The number of carbonyl (C=O) groups is 3. The summed E-state index contributed by atoms with van der Waals surface area (Å²) in [4.78, 5) is 48.2. The Bertz CT molecular complexity index is 4230. The number of halogens is 3. The maximum Gasteiger partial charge on any atom is 0.352 e. The normalized spacial score (nSPS) is 23.1. The molecule has 4 aliphatic carbocycles. The third kappa shape index (κ3) is 14.0. The highest BCUT2D eigenvalue weighted by Crippen LogP contribution is 2.53. The van der Waals surface area contributed by atoms with E-state index in [-0.39, 0.29) is 39.7 Å². The van der Waals surface area contributed by atoms with E-state index in [1.807, 2.05) is 126 Å². The molecule has 22 nitrogen and oxygen atoms in total. The topological polar surface area (TPSA) is 288 Å². The summed E-state index contributed by atoms with van der Waals surface area (Å²) in [6.45, 7) is 15.2. The summed E-state index contributed by atoms with van der Waals surface area (Å²) >= 11 is 17.7. The Balaban J connectivity index is 0.000000123. The zero-order valence-corrected chi connectivity index (χ0v) is 53.0. The fraction of sp³-hybridized carbons (Fsp3) is 0.328. The number of aromatic carboxylic acids is 1. The molecule has 4 saturated carbocycles. The summed E-state index contributed by atoms with van der Waals surface area (Å²) in [7, 11) is 9.38. The van der Waals surface area contributed by atoms with Crippen molar-refractivity contribution >= 4 is 91.0 Å². The van der Waals surface area contributed by atoms with E-state index in [1.165, 1.54) is 17.3 Å². The van der Waals surface area contributed by atoms with Gasteiger partial charge in [0.15, 0.2) is 0 Å². The molecule has 11 aromatic rings. The Morgan fingerprint density at radius 1 is 0.506 bits per heavy atom. The maximum atomic E-state index is 12.7. The van der Waals surface area contributed by atoms with Gasteiger partial charge in [0.05, 0.1) is 48.6 Å². The van der Waals surface area contributed by atoms with Crippen LogP contribution in [0, 0.1) is 30.2 Å². The quantitative estimate of drug-likeness (QED) is 0.0629. The van der Waals surface area contributed by atoms with Gasteiger partial charge in [-0.05, 0) is 122 Å². The number of fused-ring (bicyclic) bond motifs is 3. The van der Waals surface area contributed by atoms with E-state index >= 15 is 0 Å². The van der Waals surface area contributed by atoms with Gasteiger partial charge in [0.25, 0.3) is 11.8 Å². The summed E-state index contributed by atoms with van der Waals surface area (Å²) in [6.07, 6.45) is 22.6. The van der Waals surface area contributed by atoms with Crippen molar-refractivity contribution in [3.63, 3.8) is 0 Å². The Kier molecular flexibility index (Phi) is 17.6. The van der Waals surface area contributed by atoms with Gasteiger partial charge in [0.1, 0.15) is 17.1 Å². The molecule has 89 heavy (non-hydrogen) atoms. The van der Waals surface area contributed by atoms with Crippen molar-refractivity contribution in [2.24, 2.45) is 70.4 Å². The van der Waals surface area contributed by atoms with Gasteiger partial charge >= 0.3 is 5.97 Å². The van der Waals surface area contributed by atoms with E-state index in [1.54, 1.807) is 60.9 Å². The number of nitrogens with two attached hydrogens (primary N) is 2. The van der Waals surface area contributed by atoms with Crippen LogP contribution in [-0.4, -0.2) is 86.7 Å². The van der Waals surface area contributed by atoms with Gasteiger partial charge < -0.3 is 42.2 Å². The molecule has 15 rings (SSSR count). The standard InChI is InChI=1S/2C17H17ClN4O.C9H6ClNO2.2C8H13N3.C5H5N3/c2*1-10-7-17(10,12-8-19-22(2)9-12)21-16(23)15-6-11-5-13(18)3-4-14(11)20-15;10-6-1-2-7-5(3-6)4-8(11-7)9(12)13;2*1-6-3-8(6,9)7-4-10-11(2)5-7;1-6-5-3-7-8(2)4-5/h2*3-6,8-10,20H,7H2,1-2H3,(H,21,23);1-4,11H,(H,12,13);2*4-6H,3,9H2,1-2H3;3-4H,2H3/t2*10-,17-;;6-,8+;6-,8-;/m10.10./s1. The Morgan fingerprint density at radius 2 is 0.809 bits per heavy atom. The molecule has 0 bridgehead atoms. The number of aromatic amines is 3. The molecule has 3 aromatic carbocycles. The number of H-pyrrole nitrogens is 3. The van der Waals surface area contributed by atoms with Gasteiger partial charge in [0.2, 0.25) is 5.69 Å². The highest BCUT2D eigenvalue weighted by molar-refractivity contribution is 6.32. The van der Waals surface area contributed by atoms with Crippen LogP contribution in [0.5, 0.6) is 0 Å². The Morgan fingerprint density at radius 3 is 1.07 bits per heavy atom. The lowest BCUT2D eigenvalue weighted by Gasteiger charge is -2.16. The van der Waals surface area contributed by atoms with E-state index < -0.39 is 5.97 Å². The molecule has 8 heterocycles. The molecule has 0 unspecified atom stereocenters. The largest absolute Gasteiger partial charge is 0.477 e. The molecule has 2 amide bonds. The van der Waals surface area contributed by atoms with Crippen LogP contribution in [-0.2, 0) is 57.4 Å². The SMILES string of the molecule is C[C@@H]1C[C@@]1(N)c1cnn(C)c1.C[C@@H]1C[C@]1(NC(=O)c1cc2cc(Cl)ccc2[nH]1)c1cnn(C)c1.C[C@H]1C[C@@]1(N)c1cnn(C)c1.C[C@H]1C[C@@]1(NC(=O)c1cc2cc(Cl)ccc2[nH]1)c1cnn(C)c1.O=C(O)c1cc2cc(Cl)ccc2[nH]1.[C-]#[N+]c1cnn(C)c1. The second-order valence-corrected chi connectivity index (χ2v) is 25.3. The van der Waals surface area contributed by atoms with Crippen LogP contribution >= 0.6 is 34.8 Å². The van der Waals surface area contributed by atoms with Crippen molar-refractivity contribution in [2.75, 3.05) is 0 Å². The molecular formula is C64H71Cl3N18O4. The summed E-state index contributed by atoms with van der Waals surface area (Å²) in [5.41, 5.74) is 20.3. The Hall–Kier alpha value is -8.98. The summed E-state index contributed by atoms with van der Waals surface area (Å²) < 4.78 is 8.73. The van der Waals surface area contributed by atoms with Gasteiger partial charge in [-0.3, -0.25) is 33.0 Å². The molecule has 0 aliphatic heterocycles. The van der Waals surface area contributed by atoms with Crippen molar-refractivity contribution in [1.29, 1.82) is 0 Å². The summed E-state index contributed by atoms with van der Waals surface area (Å²) in [5, 5.41) is 40.1.